The highest BCUT2D eigenvalue weighted by atomic mass is 32.2. The van der Waals surface area contributed by atoms with Crippen LogP contribution in [0.3, 0.4) is 0 Å². The molecule has 0 aliphatic carbocycles. The summed E-state index contributed by atoms with van der Waals surface area (Å²) in [5.41, 5.74) is 1.41. The van der Waals surface area contributed by atoms with Crippen molar-refractivity contribution in [3.8, 4) is 5.75 Å². The number of carbonyl (C=O) groups is 1. The molecule has 0 spiro atoms. The van der Waals surface area contributed by atoms with Gasteiger partial charge in [0.15, 0.2) is 17.5 Å². The summed E-state index contributed by atoms with van der Waals surface area (Å²) in [5, 5.41) is 13.1. The number of hydrogen-bond donors (Lipinski definition) is 2. The molecule has 37 heavy (non-hydrogen) atoms. The first-order valence-corrected chi connectivity index (χ1v) is 13.2. The zero-order chi connectivity index (χ0) is 27.5. The maximum atomic E-state index is 15.0. The van der Waals surface area contributed by atoms with Crippen molar-refractivity contribution < 1.29 is 36.2 Å². The van der Waals surface area contributed by atoms with Gasteiger partial charge in [-0.15, -0.1) is 15.6 Å². The number of halogens is 3. The molecule has 3 rings (SSSR count). The molecule has 0 aliphatic heterocycles. The molecular formula is C23H25F3N4O5S2. The predicted molar refractivity (Wildman–Crippen MR) is 133 cm³/mol. The van der Waals surface area contributed by atoms with E-state index < -0.39 is 50.0 Å². The van der Waals surface area contributed by atoms with E-state index in [1.165, 1.54) is 24.8 Å². The Balaban J connectivity index is 1.95. The molecule has 0 saturated carbocycles. The minimum Gasteiger partial charge on any atom is -0.496 e. The van der Waals surface area contributed by atoms with Gasteiger partial charge in [-0.3, -0.25) is 4.90 Å². The van der Waals surface area contributed by atoms with Crippen molar-refractivity contribution in [2.24, 2.45) is 0 Å². The molecule has 0 radical (unpaired) electrons. The second kappa shape index (κ2) is 11.4. The lowest BCUT2D eigenvalue weighted by Crippen LogP contribution is -2.36. The largest absolute Gasteiger partial charge is 0.496 e. The van der Waals surface area contributed by atoms with Gasteiger partial charge in [-0.05, 0) is 45.2 Å². The fourth-order valence-corrected chi connectivity index (χ4v) is 5.30. The second-order valence-corrected chi connectivity index (χ2v) is 10.7. The van der Waals surface area contributed by atoms with Crippen molar-refractivity contribution in [1.82, 2.24) is 9.88 Å². The number of nitrogens with one attached hydrogen (secondary N) is 1. The van der Waals surface area contributed by atoms with Gasteiger partial charge >= 0.3 is 6.09 Å². The first-order valence-electron chi connectivity index (χ1n) is 10.8. The molecular weight excluding hydrogens is 533 g/mol. The molecule has 0 unspecified atom stereocenters. The minimum atomic E-state index is -5.05. The Kier molecular flexibility index (Phi) is 8.66. The summed E-state index contributed by atoms with van der Waals surface area (Å²) < 4.78 is 75.7. The lowest BCUT2D eigenvalue weighted by Gasteiger charge is -2.24. The van der Waals surface area contributed by atoms with Crippen molar-refractivity contribution in [1.29, 1.82) is 0 Å². The quantitative estimate of drug-likeness (QED) is 0.362. The number of hydrogen-bond acceptors (Lipinski definition) is 8. The Morgan fingerprint density at radius 2 is 1.86 bits per heavy atom. The summed E-state index contributed by atoms with van der Waals surface area (Å²) in [6.07, 6.45) is -1.94. The third-order valence-electron chi connectivity index (χ3n) is 5.66. The Morgan fingerprint density at radius 3 is 2.43 bits per heavy atom. The monoisotopic (exact) mass is 558 g/mol. The third-order valence-corrected chi connectivity index (χ3v) is 7.93. The molecule has 0 saturated heterocycles. The van der Waals surface area contributed by atoms with E-state index >= 15 is 0 Å². The van der Waals surface area contributed by atoms with E-state index in [1.807, 2.05) is 25.8 Å². The van der Waals surface area contributed by atoms with Gasteiger partial charge in [-0.25, -0.2) is 31.4 Å². The summed E-state index contributed by atoms with van der Waals surface area (Å²) in [6, 6.07) is 4.46. The molecule has 1 aromatic heterocycles. The number of thiazole rings is 1. The van der Waals surface area contributed by atoms with Crippen LogP contribution in [0.1, 0.15) is 25.0 Å². The lowest BCUT2D eigenvalue weighted by atomic mass is 10.0. The van der Waals surface area contributed by atoms with Crippen LogP contribution in [0.2, 0.25) is 0 Å². The Hall–Kier alpha value is -3.36. The molecule has 3 aromatic rings. The van der Waals surface area contributed by atoms with E-state index in [1.54, 1.807) is 0 Å². The molecule has 200 valence electrons. The number of amides is 1. The maximum absolute atomic E-state index is 15.0. The number of benzene rings is 2. The first kappa shape index (κ1) is 28.2. The van der Waals surface area contributed by atoms with Crippen molar-refractivity contribution >= 4 is 39.0 Å². The number of methoxy groups -OCH3 is 1. The molecule has 0 aliphatic rings. The standard InChI is InChI=1S/C23H25F3N4O5S2/c1-13(2)29(3)10-15-14(16(24)5-7-18(15)35-4)9-27-17-6-8-19(22(26)21(17)25)37(33,34)30(23(31)32)20-11-36-12-28-20/h5-8,11-13,27H,9-10H2,1-4H3,(H,31,32). The first-order chi connectivity index (χ1) is 17.4. The van der Waals surface area contributed by atoms with Gasteiger partial charge in [-0.1, -0.05) is 0 Å². The van der Waals surface area contributed by atoms with Crippen LogP contribution in [0, 0.1) is 17.5 Å². The number of ether oxygens (including phenoxy) is 1. The number of anilines is 2. The molecule has 0 atom stereocenters. The Bertz CT molecular complexity index is 1390. The highest BCUT2D eigenvalue weighted by molar-refractivity contribution is 7.93. The lowest BCUT2D eigenvalue weighted by molar-refractivity contribution is 0.206. The van der Waals surface area contributed by atoms with Gasteiger partial charge in [0.05, 0.1) is 18.3 Å². The summed E-state index contributed by atoms with van der Waals surface area (Å²) in [6.45, 7) is 3.95. The zero-order valence-electron chi connectivity index (χ0n) is 20.3. The van der Waals surface area contributed by atoms with Gasteiger partial charge < -0.3 is 15.2 Å². The van der Waals surface area contributed by atoms with Crippen LogP contribution in [0.15, 0.2) is 40.1 Å². The number of carboxylic acid groups (broad SMARTS) is 1. The number of sulfonamides is 1. The van der Waals surface area contributed by atoms with E-state index in [-0.39, 0.29) is 22.5 Å². The van der Waals surface area contributed by atoms with Crippen molar-refractivity contribution in [3.63, 3.8) is 0 Å². The second-order valence-electron chi connectivity index (χ2n) is 8.21. The van der Waals surface area contributed by atoms with Crippen LogP contribution in [0.25, 0.3) is 0 Å². The Morgan fingerprint density at radius 1 is 1.16 bits per heavy atom. The Labute approximate surface area is 216 Å². The maximum Gasteiger partial charge on any atom is 0.427 e. The molecule has 0 bridgehead atoms. The van der Waals surface area contributed by atoms with E-state index in [9.17, 15) is 31.5 Å². The fourth-order valence-electron chi connectivity index (χ4n) is 3.41. The SMILES string of the molecule is COc1ccc(F)c(CNc2ccc(S(=O)(=O)N(C(=O)O)c3cscn3)c(F)c2F)c1CN(C)C(C)C. The van der Waals surface area contributed by atoms with Gasteiger partial charge in [0.25, 0.3) is 10.0 Å². The van der Waals surface area contributed by atoms with Crippen LogP contribution in [-0.4, -0.2) is 49.7 Å². The molecule has 14 heteroatoms. The van der Waals surface area contributed by atoms with Crippen molar-refractivity contribution in [3.05, 3.63) is 63.7 Å². The molecule has 9 nitrogen and oxygen atoms in total. The van der Waals surface area contributed by atoms with Crippen LogP contribution in [0.5, 0.6) is 5.75 Å². The van der Waals surface area contributed by atoms with Gasteiger partial charge in [0, 0.05) is 35.6 Å². The molecule has 0 fully saturated rings. The van der Waals surface area contributed by atoms with E-state index in [0.717, 1.165) is 28.8 Å². The average Bonchev–Trinajstić information content (AvgIpc) is 3.34. The smallest absolute Gasteiger partial charge is 0.427 e. The predicted octanol–water partition coefficient (Wildman–Crippen LogP) is 4.89. The summed E-state index contributed by atoms with van der Waals surface area (Å²) in [7, 11) is -1.78. The van der Waals surface area contributed by atoms with E-state index in [4.69, 9.17) is 4.74 Å². The zero-order valence-corrected chi connectivity index (χ0v) is 22.0. The summed E-state index contributed by atoms with van der Waals surface area (Å²) >= 11 is 0.920. The minimum absolute atomic E-state index is 0.129. The van der Waals surface area contributed by atoms with Crippen LogP contribution in [-0.2, 0) is 23.1 Å². The van der Waals surface area contributed by atoms with E-state index in [2.05, 4.69) is 10.3 Å². The molecule has 2 aromatic carbocycles. The number of aromatic nitrogens is 1. The van der Waals surface area contributed by atoms with Gasteiger partial charge in [0.1, 0.15) is 16.5 Å². The van der Waals surface area contributed by atoms with Crippen LogP contribution in [0.4, 0.5) is 29.5 Å². The van der Waals surface area contributed by atoms with Crippen LogP contribution >= 0.6 is 11.3 Å². The number of nitrogens with zero attached hydrogens (tertiary/aromatic N) is 3. The van der Waals surface area contributed by atoms with E-state index in [0.29, 0.717) is 17.9 Å². The van der Waals surface area contributed by atoms with Gasteiger partial charge in [-0.2, -0.15) is 0 Å². The average molecular weight is 559 g/mol. The fraction of sp³-hybridized carbons (Fsp3) is 0.304. The highest BCUT2D eigenvalue weighted by Crippen LogP contribution is 2.31. The van der Waals surface area contributed by atoms with Crippen molar-refractivity contribution in [2.75, 3.05) is 23.8 Å². The highest BCUT2D eigenvalue weighted by Gasteiger charge is 2.36. The summed E-state index contributed by atoms with van der Waals surface area (Å²) in [4.78, 5) is 16.0. The number of rotatable bonds is 10. The van der Waals surface area contributed by atoms with Gasteiger partial charge in [0.2, 0.25) is 0 Å². The normalized spacial score (nSPS) is 11.7. The van der Waals surface area contributed by atoms with Crippen LogP contribution < -0.4 is 14.4 Å². The topological polar surface area (TPSA) is 112 Å². The molecule has 2 N–H and O–H groups in total. The molecule has 1 amide bonds. The third kappa shape index (κ3) is 5.81. The van der Waals surface area contributed by atoms with Crippen molar-refractivity contribution in [2.45, 2.75) is 37.9 Å². The summed E-state index contributed by atoms with van der Waals surface area (Å²) in [5.74, 6) is -4.03. The molecule has 1 heterocycles.